The van der Waals surface area contributed by atoms with Gasteiger partial charge in [-0.05, 0) is 24.3 Å². The van der Waals surface area contributed by atoms with Crippen molar-refractivity contribution in [2.75, 3.05) is 5.73 Å². The van der Waals surface area contributed by atoms with Crippen LogP contribution in [0.15, 0.2) is 67.0 Å². The number of aromatic amines is 1. The molecule has 3 N–H and O–H groups in total. The summed E-state index contributed by atoms with van der Waals surface area (Å²) in [5.41, 5.74) is 10.6. The second kappa shape index (κ2) is 5.00. The topological polar surface area (TPSA) is 67.6 Å². The number of hydrogen-bond acceptors (Lipinski definition) is 3. The highest BCUT2D eigenvalue weighted by Crippen LogP contribution is 2.29. The van der Waals surface area contributed by atoms with E-state index in [2.05, 4.69) is 27.1 Å². The first kappa shape index (κ1) is 12.6. The predicted molar refractivity (Wildman–Crippen MR) is 89.2 cm³/mol. The van der Waals surface area contributed by atoms with Crippen LogP contribution < -0.4 is 5.73 Å². The standard InChI is InChI=1S/C18H14N4/c19-15-7-3-1-6-13(15)18-20-10-9-17(22-18)14-11-21-16-8-4-2-5-12(14)16/h1-11,21H,19H2. The lowest BCUT2D eigenvalue weighted by molar-refractivity contribution is 1.18. The maximum absolute atomic E-state index is 6.03. The van der Waals surface area contributed by atoms with E-state index in [-0.39, 0.29) is 0 Å². The molecule has 2 aromatic carbocycles. The zero-order chi connectivity index (χ0) is 14.9. The number of nitrogens with two attached hydrogens (primary N) is 1. The first-order valence-electron chi connectivity index (χ1n) is 7.07. The molecule has 0 saturated carbocycles. The molecule has 106 valence electrons. The largest absolute Gasteiger partial charge is 0.398 e. The van der Waals surface area contributed by atoms with Crippen LogP contribution in [0, 0.1) is 0 Å². The van der Waals surface area contributed by atoms with Gasteiger partial charge in [-0.25, -0.2) is 9.97 Å². The average molecular weight is 286 g/mol. The third-order valence-corrected chi connectivity index (χ3v) is 3.72. The fourth-order valence-corrected chi connectivity index (χ4v) is 2.62. The number of aromatic nitrogens is 3. The van der Waals surface area contributed by atoms with Crippen molar-refractivity contribution in [3.63, 3.8) is 0 Å². The van der Waals surface area contributed by atoms with E-state index in [0.717, 1.165) is 27.7 Å². The lowest BCUT2D eigenvalue weighted by atomic mass is 10.1. The zero-order valence-corrected chi connectivity index (χ0v) is 11.8. The van der Waals surface area contributed by atoms with E-state index >= 15 is 0 Å². The molecule has 4 rings (SSSR count). The molecule has 4 heteroatoms. The summed E-state index contributed by atoms with van der Waals surface area (Å²) in [5.74, 6) is 0.640. The van der Waals surface area contributed by atoms with Crippen LogP contribution in [0.3, 0.4) is 0 Å². The Hall–Kier alpha value is -3.14. The SMILES string of the molecule is Nc1ccccc1-c1nccc(-c2c[nH]c3ccccc23)n1. The van der Waals surface area contributed by atoms with Gasteiger partial charge in [-0.2, -0.15) is 0 Å². The Morgan fingerprint density at radius 1 is 0.864 bits per heavy atom. The molecule has 0 aliphatic heterocycles. The monoisotopic (exact) mass is 286 g/mol. The summed E-state index contributed by atoms with van der Waals surface area (Å²) in [6, 6.07) is 17.7. The molecular weight excluding hydrogens is 272 g/mol. The fourth-order valence-electron chi connectivity index (χ4n) is 2.62. The molecule has 0 atom stereocenters. The summed E-state index contributed by atoms with van der Waals surface area (Å²) in [6.45, 7) is 0. The third kappa shape index (κ3) is 2.02. The van der Waals surface area contributed by atoms with Gasteiger partial charge in [0.2, 0.25) is 0 Å². The van der Waals surface area contributed by atoms with Crippen LogP contribution >= 0.6 is 0 Å². The number of H-pyrrole nitrogens is 1. The Bertz CT molecular complexity index is 956. The molecule has 0 radical (unpaired) electrons. The summed E-state index contributed by atoms with van der Waals surface area (Å²) < 4.78 is 0. The van der Waals surface area contributed by atoms with Crippen LogP contribution in [0.5, 0.6) is 0 Å². The molecule has 0 spiro atoms. The highest BCUT2D eigenvalue weighted by Gasteiger charge is 2.10. The van der Waals surface area contributed by atoms with Crippen molar-refractivity contribution < 1.29 is 0 Å². The number of nitrogens with zero attached hydrogens (tertiary/aromatic N) is 2. The Morgan fingerprint density at radius 2 is 1.68 bits per heavy atom. The number of anilines is 1. The van der Waals surface area contributed by atoms with E-state index < -0.39 is 0 Å². The number of fused-ring (bicyclic) bond motifs is 1. The summed E-state index contributed by atoms with van der Waals surface area (Å²) >= 11 is 0. The molecule has 22 heavy (non-hydrogen) atoms. The molecule has 0 saturated heterocycles. The highest BCUT2D eigenvalue weighted by molar-refractivity contribution is 5.94. The van der Waals surface area contributed by atoms with Gasteiger partial charge in [-0.3, -0.25) is 0 Å². The van der Waals surface area contributed by atoms with E-state index in [1.165, 1.54) is 0 Å². The van der Waals surface area contributed by atoms with Crippen LogP contribution in [-0.4, -0.2) is 15.0 Å². The van der Waals surface area contributed by atoms with Crippen LogP contribution in [0.25, 0.3) is 33.5 Å². The van der Waals surface area contributed by atoms with Gasteiger partial charge in [0, 0.05) is 40.1 Å². The number of benzene rings is 2. The molecule has 4 nitrogen and oxygen atoms in total. The molecule has 2 aromatic heterocycles. The molecule has 0 aliphatic rings. The Labute approximate surface area is 127 Å². The maximum Gasteiger partial charge on any atom is 0.161 e. The van der Waals surface area contributed by atoms with Gasteiger partial charge in [-0.15, -0.1) is 0 Å². The number of rotatable bonds is 2. The Morgan fingerprint density at radius 3 is 2.59 bits per heavy atom. The third-order valence-electron chi connectivity index (χ3n) is 3.72. The Balaban J connectivity index is 1.88. The zero-order valence-electron chi connectivity index (χ0n) is 11.8. The molecule has 4 aromatic rings. The van der Waals surface area contributed by atoms with E-state index in [0.29, 0.717) is 11.5 Å². The number of hydrogen-bond donors (Lipinski definition) is 2. The van der Waals surface area contributed by atoms with Crippen molar-refractivity contribution in [3.8, 4) is 22.6 Å². The molecule has 2 heterocycles. The molecule has 0 fully saturated rings. The van der Waals surface area contributed by atoms with Gasteiger partial charge >= 0.3 is 0 Å². The normalized spacial score (nSPS) is 10.9. The van der Waals surface area contributed by atoms with Crippen LogP contribution in [0.1, 0.15) is 0 Å². The maximum atomic E-state index is 6.03. The van der Waals surface area contributed by atoms with Crippen molar-refractivity contribution in [3.05, 3.63) is 67.0 Å². The van der Waals surface area contributed by atoms with Crippen molar-refractivity contribution in [1.82, 2.24) is 15.0 Å². The van der Waals surface area contributed by atoms with Crippen LogP contribution in [0.2, 0.25) is 0 Å². The molecule has 0 unspecified atom stereocenters. The van der Waals surface area contributed by atoms with E-state index in [9.17, 15) is 0 Å². The first-order valence-corrected chi connectivity index (χ1v) is 7.07. The Kier molecular flexibility index (Phi) is 2.86. The second-order valence-electron chi connectivity index (χ2n) is 5.10. The lowest BCUT2D eigenvalue weighted by Crippen LogP contribution is -1.95. The minimum absolute atomic E-state index is 0.640. The van der Waals surface area contributed by atoms with E-state index in [4.69, 9.17) is 5.73 Å². The van der Waals surface area contributed by atoms with E-state index in [1.54, 1.807) is 6.20 Å². The quantitative estimate of drug-likeness (QED) is 0.550. The molecular formula is C18H14N4. The summed E-state index contributed by atoms with van der Waals surface area (Å²) in [6.07, 6.45) is 3.75. The molecule has 0 amide bonds. The van der Waals surface area contributed by atoms with Crippen molar-refractivity contribution in [2.45, 2.75) is 0 Å². The predicted octanol–water partition coefficient (Wildman–Crippen LogP) is 3.87. The second-order valence-corrected chi connectivity index (χ2v) is 5.10. The highest BCUT2D eigenvalue weighted by atomic mass is 14.9. The molecule has 0 aliphatic carbocycles. The summed E-state index contributed by atoms with van der Waals surface area (Å²) in [7, 11) is 0. The fraction of sp³-hybridized carbons (Fsp3) is 0. The van der Waals surface area contributed by atoms with Gasteiger partial charge in [-0.1, -0.05) is 30.3 Å². The van der Waals surface area contributed by atoms with Crippen molar-refractivity contribution in [2.24, 2.45) is 0 Å². The van der Waals surface area contributed by atoms with Crippen LogP contribution in [-0.2, 0) is 0 Å². The number of para-hydroxylation sites is 2. The first-order chi connectivity index (χ1) is 10.8. The van der Waals surface area contributed by atoms with Crippen molar-refractivity contribution >= 4 is 16.6 Å². The average Bonchev–Trinajstić information content (AvgIpc) is 2.99. The van der Waals surface area contributed by atoms with Gasteiger partial charge in [0.25, 0.3) is 0 Å². The lowest BCUT2D eigenvalue weighted by Gasteiger charge is -2.05. The van der Waals surface area contributed by atoms with Gasteiger partial charge in [0.15, 0.2) is 5.82 Å². The van der Waals surface area contributed by atoms with Gasteiger partial charge < -0.3 is 10.7 Å². The number of nitrogen functional groups attached to an aromatic ring is 1. The summed E-state index contributed by atoms with van der Waals surface area (Å²) in [4.78, 5) is 12.3. The van der Waals surface area contributed by atoms with Gasteiger partial charge in [0.1, 0.15) is 0 Å². The van der Waals surface area contributed by atoms with Crippen LogP contribution in [0.4, 0.5) is 5.69 Å². The van der Waals surface area contributed by atoms with Crippen molar-refractivity contribution in [1.29, 1.82) is 0 Å². The minimum atomic E-state index is 0.640. The minimum Gasteiger partial charge on any atom is -0.398 e. The molecule has 0 bridgehead atoms. The van der Waals surface area contributed by atoms with E-state index in [1.807, 2.05) is 48.7 Å². The number of nitrogens with one attached hydrogen (secondary N) is 1. The smallest absolute Gasteiger partial charge is 0.161 e. The summed E-state index contributed by atoms with van der Waals surface area (Å²) in [5, 5.41) is 1.15. The van der Waals surface area contributed by atoms with Gasteiger partial charge in [0.05, 0.1) is 5.69 Å².